The van der Waals surface area contributed by atoms with Crippen LogP contribution in [0.15, 0.2) is 0 Å². The molecule has 2 aliphatic carbocycles. The third-order valence-electron chi connectivity index (χ3n) is 3.07. The van der Waals surface area contributed by atoms with Crippen LogP contribution < -0.4 is 0 Å². The maximum absolute atomic E-state index is 8.91. The van der Waals surface area contributed by atoms with Gasteiger partial charge in [-0.3, -0.25) is 0 Å². The standard InChI is InChI=1S/C6H12O.C6H12/c7-6-4-2-1-3-5-6;1-2-4-6-5-3-1/h6-7H,1-5H2;1-6H2. The van der Waals surface area contributed by atoms with E-state index >= 15 is 0 Å². The average Bonchev–Trinajstić information content (AvgIpc) is 2.22. The van der Waals surface area contributed by atoms with Crippen LogP contribution in [-0.4, -0.2) is 11.2 Å². The molecule has 0 aromatic heterocycles. The lowest BCUT2D eigenvalue weighted by molar-refractivity contribution is 0.130. The molecule has 0 atom stereocenters. The summed E-state index contributed by atoms with van der Waals surface area (Å²) in [6, 6.07) is 0. The van der Waals surface area contributed by atoms with Gasteiger partial charge in [0.25, 0.3) is 0 Å². The van der Waals surface area contributed by atoms with Crippen LogP contribution >= 0.6 is 0 Å². The zero-order valence-corrected chi connectivity index (χ0v) is 8.80. The summed E-state index contributed by atoms with van der Waals surface area (Å²) in [4.78, 5) is 0. The molecule has 0 aliphatic heterocycles. The summed E-state index contributed by atoms with van der Waals surface area (Å²) in [5.74, 6) is 0. The summed E-state index contributed by atoms with van der Waals surface area (Å²) in [6.07, 6.45) is 14.9. The van der Waals surface area contributed by atoms with Crippen molar-refractivity contribution in [2.45, 2.75) is 76.7 Å². The van der Waals surface area contributed by atoms with E-state index in [1.807, 2.05) is 0 Å². The Balaban J connectivity index is 0.000000132. The Kier molecular flexibility index (Phi) is 6.26. The van der Waals surface area contributed by atoms with Gasteiger partial charge in [-0.15, -0.1) is 0 Å². The monoisotopic (exact) mass is 184 g/mol. The van der Waals surface area contributed by atoms with Crippen LogP contribution in [0.1, 0.15) is 70.6 Å². The van der Waals surface area contributed by atoms with Gasteiger partial charge in [-0.2, -0.15) is 0 Å². The lowest BCUT2D eigenvalue weighted by atomic mass is 9.98. The minimum atomic E-state index is 0.0359. The van der Waals surface area contributed by atoms with Gasteiger partial charge in [0.2, 0.25) is 0 Å². The normalized spacial score (nSPS) is 24.7. The predicted octanol–water partition coefficient (Wildman–Crippen LogP) is 3.65. The smallest absolute Gasteiger partial charge is 0.0540 e. The molecule has 78 valence electrons. The molecule has 0 unspecified atom stereocenters. The third kappa shape index (κ3) is 6.09. The second-order valence-corrected chi connectivity index (χ2v) is 4.41. The molecule has 13 heavy (non-hydrogen) atoms. The summed E-state index contributed by atoms with van der Waals surface area (Å²) >= 11 is 0. The van der Waals surface area contributed by atoms with Crippen molar-refractivity contribution in [1.29, 1.82) is 0 Å². The van der Waals surface area contributed by atoms with Crippen molar-refractivity contribution in [2.24, 2.45) is 0 Å². The Morgan fingerprint density at radius 1 is 0.538 bits per heavy atom. The van der Waals surface area contributed by atoms with Crippen molar-refractivity contribution in [3.05, 3.63) is 0 Å². The van der Waals surface area contributed by atoms with Crippen molar-refractivity contribution in [2.75, 3.05) is 0 Å². The van der Waals surface area contributed by atoms with Gasteiger partial charge < -0.3 is 5.11 Å². The molecule has 2 fully saturated rings. The van der Waals surface area contributed by atoms with Gasteiger partial charge >= 0.3 is 0 Å². The fraction of sp³-hybridized carbons (Fsp3) is 1.00. The van der Waals surface area contributed by atoms with E-state index in [1.165, 1.54) is 57.8 Å². The van der Waals surface area contributed by atoms with Gasteiger partial charge in [0.1, 0.15) is 0 Å². The summed E-state index contributed by atoms with van der Waals surface area (Å²) in [7, 11) is 0. The van der Waals surface area contributed by atoms with Crippen molar-refractivity contribution in [3.8, 4) is 0 Å². The minimum absolute atomic E-state index is 0.0359. The van der Waals surface area contributed by atoms with E-state index in [0.717, 1.165) is 12.8 Å². The van der Waals surface area contributed by atoms with E-state index in [2.05, 4.69) is 0 Å². The fourth-order valence-electron chi connectivity index (χ4n) is 2.14. The van der Waals surface area contributed by atoms with E-state index in [4.69, 9.17) is 5.11 Å². The summed E-state index contributed by atoms with van der Waals surface area (Å²) in [5, 5.41) is 8.91. The summed E-state index contributed by atoms with van der Waals surface area (Å²) in [5.41, 5.74) is 0. The van der Waals surface area contributed by atoms with Crippen molar-refractivity contribution < 1.29 is 5.11 Å². The SMILES string of the molecule is C1CCCCC1.OC1CCCCC1. The molecule has 0 heterocycles. The van der Waals surface area contributed by atoms with Gasteiger partial charge in [-0.05, 0) is 12.8 Å². The summed E-state index contributed by atoms with van der Waals surface area (Å²) in [6.45, 7) is 0. The Bertz CT molecular complexity index is 90.2. The highest BCUT2D eigenvalue weighted by Crippen LogP contribution is 2.16. The lowest BCUT2D eigenvalue weighted by Gasteiger charge is -2.14. The van der Waals surface area contributed by atoms with Crippen LogP contribution in [-0.2, 0) is 0 Å². The lowest BCUT2D eigenvalue weighted by Crippen LogP contribution is -2.09. The van der Waals surface area contributed by atoms with Crippen LogP contribution in [0.4, 0.5) is 0 Å². The molecule has 0 spiro atoms. The molecule has 1 nitrogen and oxygen atoms in total. The first-order chi connectivity index (χ1) is 6.39. The van der Waals surface area contributed by atoms with Crippen LogP contribution in [0.25, 0.3) is 0 Å². The number of rotatable bonds is 0. The highest BCUT2D eigenvalue weighted by Gasteiger charge is 2.07. The van der Waals surface area contributed by atoms with Crippen LogP contribution in [0.3, 0.4) is 0 Å². The quantitative estimate of drug-likeness (QED) is 0.609. The second kappa shape index (κ2) is 7.37. The zero-order valence-electron chi connectivity index (χ0n) is 8.80. The molecule has 2 rings (SSSR count). The highest BCUT2D eigenvalue weighted by atomic mass is 16.3. The molecule has 0 aromatic rings. The van der Waals surface area contributed by atoms with E-state index in [0.29, 0.717) is 0 Å². The molecule has 0 saturated heterocycles. The van der Waals surface area contributed by atoms with E-state index < -0.39 is 0 Å². The number of aliphatic hydroxyl groups excluding tert-OH is 1. The second-order valence-electron chi connectivity index (χ2n) is 4.41. The number of aliphatic hydroxyl groups is 1. The van der Waals surface area contributed by atoms with E-state index in [1.54, 1.807) is 0 Å². The first-order valence-corrected chi connectivity index (χ1v) is 6.07. The van der Waals surface area contributed by atoms with Gasteiger partial charge in [0.15, 0.2) is 0 Å². The maximum Gasteiger partial charge on any atom is 0.0540 e. The molecule has 1 N–H and O–H groups in total. The first-order valence-electron chi connectivity index (χ1n) is 6.07. The Morgan fingerprint density at radius 3 is 1.08 bits per heavy atom. The highest BCUT2D eigenvalue weighted by molar-refractivity contribution is 4.61. The molecule has 2 aliphatic rings. The topological polar surface area (TPSA) is 20.2 Å². The average molecular weight is 184 g/mol. The fourth-order valence-corrected chi connectivity index (χ4v) is 2.14. The minimum Gasteiger partial charge on any atom is -0.393 e. The Labute approximate surface area is 82.5 Å². The van der Waals surface area contributed by atoms with Crippen LogP contribution in [0.5, 0.6) is 0 Å². The van der Waals surface area contributed by atoms with Crippen molar-refractivity contribution in [1.82, 2.24) is 0 Å². The molecular formula is C12H24O. The first kappa shape index (κ1) is 11.0. The molecule has 2 saturated carbocycles. The van der Waals surface area contributed by atoms with E-state index in [9.17, 15) is 0 Å². The predicted molar refractivity (Wildman–Crippen MR) is 56.8 cm³/mol. The third-order valence-corrected chi connectivity index (χ3v) is 3.07. The molecule has 0 aromatic carbocycles. The molecule has 1 heteroatoms. The zero-order chi connectivity index (χ0) is 9.36. The largest absolute Gasteiger partial charge is 0.393 e. The van der Waals surface area contributed by atoms with Crippen molar-refractivity contribution >= 4 is 0 Å². The van der Waals surface area contributed by atoms with Crippen LogP contribution in [0.2, 0.25) is 0 Å². The van der Waals surface area contributed by atoms with Crippen molar-refractivity contribution in [3.63, 3.8) is 0 Å². The van der Waals surface area contributed by atoms with Gasteiger partial charge in [-0.25, -0.2) is 0 Å². The van der Waals surface area contributed by atoms with Gasteiger partial charge in [0, 0.05) is 0 Å². The van der Waals surface area contributed by atoms with E-state index in [-0.39, 0.29) is 6.10 Å². The molecule has 0 bridgehead atoms. The number of hydrogen-bond acceptors (Lipinski definition) is 1. The van der Waals surface area contributed by atoms with Gasteiger partial charge in [0.05, 0.1) is 6.10 Å². The maximum atomic E-state index is 8.91. The Morgan fingerprint density at radius 2 is 0.846 bits per heavy atom. The summed E-state index contributed by atoms with van der Waals surface area (Å²) < 4.78 is 0. The number of hydrogen-bond donors (Lipinski definition) is 1. The van der Waals surface area contributed by atoms with Crippen LogP contribution in [0, 0.1) is 0 Å². The Hall–Kier alpha value is -0.0400. The molecule has 0 radical (unpaired) electrons. The molecular weight excluding hydrogens is 160 g/mol. The molecule has 0 amide bonds. The van der Waals surface area contributed by atoms with Gasteiger partial charge in [-0.1, -0.05) is 57.8 Å².